The number of phenolic OH excluding ortho intramolecular Hbond substituents is 2. The van der Waals surface area contributed by atoms with Gasteiger partial charge in [0, 0.05) is 10.6 Å². The number of hydrogen-bond donors (Lipinski definition) is 3. The van der Waals surface area contributed by atoms with Gasteiger partial charge in [-0.1, -0.05) is 23.7 Å². The Morgan fingerprint density at radius 3 is 2.48 bits per heavy atom. The van der Waals surface area contributed by atoms with Crippen molar-refractivity contribution in [2.24, 2.45) is 5.10 Å². The van der Waals surface area contributed by atoms with Crippen molar-refractivity contribution < 1.29 is 15.0 Å². The first-order valence-electron chi connectivity index (χ1n) is 6.10. The molecule has 0 bridgehead atoms. The van der Waals surface area contributed by atoms with Crippen LogP contribution in [0.5, 0.6) is 11.5 Å². The number of benzene rings is 2. The third-order valence-electron chi connectivity index (χ3n) is 2.82. The zero-order chi connectivity index (χ0) is 15.4. The molecule has 0 aliphatic rings. The second-order valence-electron chi connectivity index (χ2n) is 4.32. The molecule has 0 saturated carbocycles. The van der Waals surface area contributed by atoms with Gasteiger partial charge in [-0.2, -0.15) is 5.10 Å². The van der Waals surface area contributed by atoms with Crippen molar-refractivity contribution in [2.45, 2.75) is 6.92 Å². The standard InChI is InChI=1S/C15H13ClN2O3/c1-9(11-4-2-3-5-13(11)19)17-18-15(21)12-8-10(16)6-7-14(12)20/h2-8,19-20H,1H3,(H,18,21)/b17-9+. The SMILES string of the molecule is C/C(=N\NC(=O)c1cc(Cl)ccc1O)c1ccccc1O. The summed E-state index contributed by atoms with van der Waals surface area (Å²) in [5.74, 6) is -0.712. The number of hydrazone groups is 1. The summed E-state index contributed by atoms with van der Waals surface area (Å²) in [7, 11) is 0. The molecule has 2 rings (SSSR count). The maximum Gasteiger partial charge on any atom is 0.275 e. The summed E-state index contributed by atoms with van der Waals surface area (Å²) in [4.78, 5) is 11.9. The Hall–Kier alpha value is -2.53. The lowest BCUT2D eigenvalue weighted by Crippen LogP contribution is -2.19. The van der Waals surface area contributed by atoms with E-state index in [1.165, 1.54) is 24.3 Å². The smallest absolute Gasteiger partial charge is 0.275 e. The van der Waals surface area contributed by atoms with Gasteiger partial charge in [0.2, 0.25) is 0 Å². The fourth-order valence-electron chi connectivity index (χ4n) is 1.72. The molecule has 0 atom stereocenters. The predicted molar refractivity (Wildman–Crippen MR) is 80.9 cm³/mol. The Balaban J connectivity index is 2.19. The first kappa shape index (κ1) is 14.9. The Bertz CT molecular complexity index is 714. The maximum absolute atomic E-state index is 11.9. The lowest BCUT2D eigenvalue weighted by atomic mass is 10.1. The molecule has 2 aromatic rings. The van der Waals surface area contributed by atoms with Crippen molar-refractivity contribution >= 4 is 23.2 Å². The maximum atomic E-state index is 11.9. The molecule has 0 unspecified atom stereocenters. The minimum atomic E-state index is -0.593. The number of amides is 1. The van der Waals surface area contributed by atoms with Crippen LogP contribution < -0.4 is 5.43 Å². The number of aromatic hydroxyl groups is 2. The number of para-hydroxylation sites is 1. The van der Waals surface area contributed by atoms with Crippen LogP contribution in [0.2, 0.25) is 5.02 Å². The van der Waals surface area contributed by atoms with Gasteiger partial charge in [-0.3, -0.25) is 4.79 Å². The van der Waals surface area contributed by atoms with Crippen molar-refractivity contribution in [3.05, 3.63) is 58.6 Å². The fraction of sp³-hybridized carbons (Fsp3) is 0.0667. The summed E-state index contributed by atoms with van der Waals surface area (Å²) < 4.78 is 0. The van der Waals surface area contributed by atoms with Gasteiger partial charge in [-0.15, -0.1) is 0 Å². The van der Waals surface area contributed by atoms with Crippen LogP contribution in [0.4, 0.5) is 0 Å². The summed E-state index contributed by atoms with van der Waals surface area (Å²) >= 11 is 5.78. The number of rotatable bonds is 3. The third kappa shape index (κ3) is 3.52. The van der Waals surface area contributed by atoms with Gasteiger partial charge in [0.25, 0.3) is 5.91 Å². The van der Waals surface area contributed by atoms with Crippen LogP contribution in [0, 0.1) is 0 Å². The monoisotopic (exact) mass is 304 g/mol. The number of halogens is 1. The van der Waals surface area contributed by atoms with E-state index in [2.05, 4.69) is 10.5 Å². The van der Waals surface area contributed by atoms with E-state index < -0.39 is 5.91 Å². The zero-order valence-corrected chi connectivity index (χ0v) is 11.9. The molecule has 0 heterocycles. The molecule has 0 aliphatic carbocycles. The Labute approximate surface area is 126 Å². The number of carbonyl (C=O) groups is 1. The van der Waals surface area contributed by atoms with Gasteiger partial charge < -0.3 is 10.2 Å². The van der Waals surface area contributed by atoms with Crippen molar-refractivity contribution in [3.63, 3.8) is 0 Å². The summed E-state index contributed by atoms with van der Waals surface area (Å²) in [6.07, 6.45) is 0. The second kappa shape index (κ2) is 6.28. The number of hydrogen-bond acceptors (Lipinski definition) is 4. The molecule has 0 aromatic heterocycles. The van der Waals surface area contributed by atoms with Gasteiger partial charge in [0.05, 0.1) is 11.3 Å². The van der Waals surface area contributed by atoms with E-state index in [-0.39, 0.29) is 17.1 Å². The van der Waals surface area contributed by atoms with Crippen molar-refractivity contribution in [1.29, 1.82) is 0 Å². The molecule has 3 N–H and O–H groups in total. The van der Waals surface area contributed by atoms with Gasteiger partial charge in [0.15, 0.2) is 0 Å². The topological polar surface area (TPSA) is 81.9 Å². The highest BCUT2D eigenvalue weighted by atomic mass is 35.5. The van der Waals surface area contributed by atoms with Crippen molar-refractivity contribution in [3.8, 4) is 11.5 Å². The summed E-state index contributed by atoms with van der Waals surface area (Å²) in [6, 6.07) is 10.8. The van der Waals surface area contributed by atoms with Gasteiger partial charge in [-0.25, -0.2) is 5.43 Å². The van der Waals surface area contributed by atoms with E-state index in [4.69, 9.17) is 11.6 Å². The average Bonchev–Trinajstić information content (AvgIpc) is 2.47. The number of carbonyl (C=O) groups excluding carboxylic acids is 1. The number of nitrogens with one attached hydrogen (secondary N) is 1. The molecule has 1 amide bonds. The van der Waals surface area contributed by atoms with Gasteiger partial charge >= 0.3 is 0 Å². The minimum absolute atomic E-state index is 0.0244. The summed E-state index contributed by atoms with van der Waals surface area (Å²) in [6.45, 7) is 1.65. The minimum Gasteiger partial charge on any atom is -0.507 e. The van der Waals surface area contributed by atoms with Crippen LogP contribution in [-0.4, -0.2) is 21.8 Å². The van der Waals surface area contributed by atoms with E-state index >= 15 is 0 Å². The second-order valence-corrected chi connectivity index (χ2v) is 4.75. The van der Waals surface area contributed by atoms with E-state index in [1.807, 2.05) is 0 Å². The lowest BCUT2D eigenvalue weighted by Gasteiger charge is -2.06. The van der Waals surface area contributed by atoms with Crippen molar-refractivity contribution in [2.75, 3.05) is 0 Å². The first-order valence-corrected chi connectivity index (χ1v) is 6.48. The molecule has 0 aliphatic heterocycles. The lowest BCUT2D eigenvalue weighted by molar-refractivity contribution is 0.0952. The Kier molecular flexibility index (Phi) is 4.45. The molecule has 0 fully saturated rings. The molecule has 6 heteroatoms. The van der Waals surface area contributed by atoms with Crippen LogP contribution in [0.25, 0.3) is 0 Å². The highest BCUT2D eigenvalue weighted by Crippen LogP contribution is 2.21. The molecule has 5 nitrogen and oxygen atoms in total. The molecular formula is C15H13ClN2O3. The largest absolute Gasteiger partial charge is 0.507 e. The number of phenols is 2. The van der Waals surface area contributed by atoms with Crippen LogP contribution in [0.1, 0.15) is 22.8 Å². The highest BCUT2D eigenvalue weighted by molar-refractivity contribution is 6.31. The third-order valence-corrected chi connectivity index (χ3v) is 3.06. The predicted octanol–water partition coefficient (Wildman–Crippen LogP) is 2.91. The molecule has 2 aromatic carbocycles. The molecular weight excluding hydrogens is 292 g/mol. The van der Waals surface area contributed by atoms with Crippen LogP contribution in [0.15, 0.2) is 47.6 Å². The first-order chi connectivity index (χ1) is 9.99. The average molecular weight is 305 g/mol. The fourth-order valence-corrected chi connectivity index (χ4v) is 1.90. The van der Waals surface area contributed by atoms with Gasteiger partial charge in [-0.05, 0) is 37.3 Å². The Morgan fingerprint density at radius 1 is 1.10 bits per heavy atom. The number of nitrogens with zero attached hydrogens (tertiary/aromatic N) is 1. The molecule has 0 saturated heterocycles. The van der Waals surface area contributed by atoms with E-state index in [0.29, 0.717) is 16.3 Å². The van der Waals surface area contributed by atoms with Crippen LogP contribution >= 0.6 is 11.6 Å². The summed E-state index contributed by atoms with van der Waals surface area (Å²) in [5, 5.41) is 23.6. The van der Waals surface area contributed by atoms with E-state index in [9.17, 15) is 15.0 Å². The zero-order valence-electron chi connectivity index (χ0n) is 11.2. The van der Waals surface area contributed by atoms with Crippen LogP contribution in [-0.2, 0) is 0 Å². The normalized spacial score (nSPS) is 11.2. The van der Waals surface area contributed by atoms with E-state index in [0.717, 1.165) is 0 Å². The Morgan fingerprint density at radius 2 is 1.76 bits per heavy atom. The van der Waals surface area contributed by atoms with E-state index in [1.54, 1.807) is 25.1 Å². The molecule has 21 heavy (non-hydrogen) atoms. The van der Waals surface area contributed by atoms with Crippen LogP contribution in [0.3, 0.4) is 0 Å². The van der Waals surface area contributed by atoms with Crippen molar-refractivity contribution in [1.82, 2.24) is 5.43 Å². The van der Waals surface area contributed by atoms with Gasteiger partial charge in [0.1, 0.15) is 11.5 Å². The molecule has 0 spiro atoms. The molecule has 108 valence electrons. The summed E-state index contributed by atoms with van der Waals surface area (Å²) in [5.41, 5.74) is 3.28. The quantitative estimate of drug-likeness (QED) is 0.602. The molecule has 0 radical (unpaired) electrons. The highest BCUT2D eigenvalue weighted by Gasteiger charge is 2.11.